The first kappa shape index (κ1) is 23.3. The highest BCUT2D eigenvalue weighted by molar-refractivity contribution is 7.12. The van der Waals surface area contributed by atoms with Gasteiger partial charge in [-0.05, 0) is 29.3 Å². The van der Waals surface area contributed by atoms with E-state index in [1.807, 2.05) is 43.5 Å². The van der Waals surface area contributed by atoms with Crippen molar-refractivity contribution in [1.29, 1.82) is 0 Å². The number of para-hydroxylation sites is 1. The molecule has 0 radical (unpaired) electrons. The third-order valence-electron chi connectivity index (χ3n) is 5.38. The highest BCUT2D eigenvalue weighted by Gasteiger charge is 2.33. The van der Waals surface area contributed by atoms with Gasteiger partial charge in [0, 0.05) is 34.9 Å². The van der Waals surface area contributed by atoms with Gasteiger partial charge in [0.25, 0.3) is 5.91 Å². The topological polar surface area (TPSA) is 141 Å². The molecule has 3 heterocycles. The molecule has 1 aliphatic rings. The maximum absolute atomic E-state index is 13.7. The van der Waals surface area contributed by atoms with Crippen molar-refractivity contribution in [3.8, 4) is 11.4 Å². The van der Waals surface area contributed by atoms with Crippen LogP contribution in [0.15, 0.2) is 65.1 Å². The molecule has 1 atom stereocenters. The van der Waals surface area contributed by atoms with Crippen molar-refractivity contribution < 1.29 is 9.59 Å². The minimum atomic E-state index is -1.14. The number of thiazole rings is 1. The molecule has 12 heteroatoms. The number of amides is 3. The Labute approximate surface area is 210 Å². The number of hydrogen-bond acceptors (Lipinski definition) is 8. The number of nitrogens with one attached hydrogen (secondary N) is 3. The normalized spacial score (nSPS) is 15.3. The molecular formula is C24H23N9O2S. The zero-order valence-corrected chi connectivity index (χ0v) is 20.4. The minimum absolute atomic E-state index is 0.200. The number of urea groups is 1. The van der Waals surface area contributed by atoms with E-state index in [2.05, 4.69) is 36.2 Å². The molecule has 0 fully saturated rings. The Balaban J connectivity index is 1.46. The van der Waals surface area contributed by atoms with E-state index in [9.17, 15) is 9.59 Å². The third kappa shape index (κ3) is 4.84. The number of aromatic amines is 1. The highest BCUT2D eigenvalue weighted by Crippen LogP contribution is 2.29. The van der Waals surface area contributed by atoms with Crippen LogP contribution in [0.4, 0.5) is 16.2 Å². The maximum atomic E-state index is 13.7. The van der Waals surface area contributed by atoms with Crippen molar-refractivity contribution >= 4 is 40.4 Å². The molecule has 3 N–H and O–H groups in total. The Hall–Kier alpha value is -4.45. The minimum Gasteiger partial charge on any atom is -0.308 e. The molecule has 5 rings (SSSR count). The molecule has 36 heavy (non-hydrogen) atoms. The molecule has 0 bridgehead atoms. The van der Waals surface area contributed by atoms with Crippen molar-refractivity contribution in [2.75, 3.05) is 16.8 Å². The van der Waals surface area contributed by atoms with Crippen LogP contribution in [0.1, 0.15) is 24.4 Å². The van der Waals surface area contributed by atoms with Crippen LogP contribution in [0, 0.1) is 5.92 Å². The van der Waals surface area contributed by atoms with Gasteiger partial charge in [-0.25, -0.2) is 14.8 Å². The van der Waals surface area contributed by atoms with Crippen molar-refractivity contribution in [3.05, 3.63) is 70.7 Å². The fourth-order valence-electron chi connectivity index (χ4n) is 3.90. The average molecular weight is 502 g/mol. The summed E-state index contributed by atoms with van der Waals surface area (Å²) in [5.74, 6) is 0.280. The summed E-state index contributed by atoms with van der Waals surface area (Å²) >= 11 is 1.42. The van der Waals surface area contributed by atoms with E-state index in [1.165, 1.54) is 11.3 Å². The lowest BCUT2D eigenvalue weighted by molar-refractivity contribution is -0.120. The number of hydrogen-bond donors (Lipinski definition) is 3. The van der Waals surface area contributed by atoms with E-state index in [1.54, 1.807) is 35.4 Å². The predicted octanol–water partition coefficient (Wildman–Crippen LogP) is 3.31. The molecule has 0 aliphatic carbocycles. The van der Waals surface area contributed by atoms with E-state index in [0.717, 1.165) is 11.3 Å². The number of aromatic nitrogens is 5. The molecule has 3 amide bonds. The Morgan fingerprint density at radius 2 is 2.06 bits per heavy atom. The summed E-state index contributed by atoms with van der Waals surface area (Å²) in [5, 5.41) is 21.9. The van der Waals surface area contributed by atoms with E-state index in [0.29, 0.717) is 34.3 Å². The van der Waals surface area contributed by atoms with Crippen LogP contribution < -0.4 is 15.5 Å². The molecule has 1 aliphatic heterocycles. The summed E-state index contributed by atoms with van der Waals surface area (Å²) in [6.45, 7) is 4.55. The first-order chi connectivity index (χ1) is 17.5. The summed E-state index contributed by atoms with van der Waals surface area (Å²) < 4.78 is 0. The number of tetrazole rings is 1. The Bertz CT molecular complexity index is 1400. The van der Waals surface area contributed by atoms with Crippen molar-refractivity contribution in [2.24, 2.45) is 10.9 Å². The third-order valence-corrected chi connectivity index (χ3v) is 6.16. The second-order valence-corrected chi connectivity index (χ2v) is 9.39. The Kier molecular flexibility index (Phi) is 6.50. The maximum Gasteiger partial charge on any atom is 0.321 e. The van der Waals surface area contributed by atoms with Crippen LogP contribution in [0.2, 0.25) is 0 Å². The lowest BCUT2D eigenvalue weighted by atomic mass is 10.1. The number of H-pyrrole nitrogens is 1. The van der Waals surface area contributed by atoms with Gasteiger partial charge in [0.15, 0.2) is 0 Å². The molecule has 4 aromatic rings. The first-order valence-electron chi connectivity index (χ1n) is 11.3. The van der Waals surface area contributed by atoms with Crippen LogP contribution in [-0.4, -0.2) is 56.0 Å². The lowest BCUT2D eigenvalue weighted by Gasteiger charge is -2.27. The standard InChI is InChI=1S/C24H23N9O2S/c1-14(2)13-33-18-9-4-3-8-17(18)19(22-25-10-11-36-22)27-21(23(33)34)28-24(35)26-16-7-5-6-15(12-16)20-29-31-32-30-20/h3-12,14,21H,13H2,1-2H3,(H2,26,28,35)(H,29,30,31,32)/t21-/m0/s1. The monoisotopic (exact) mass is 501 g/mol. The summed E-state index contributed by atoms with van der Waals surface area (Å²) in [4.78, 5) is 37.5. The fourth-order valence-corrected chi connectivity index (χ4v) is 4.55. The van der Waals surface area contributed by atoms with E-state index in [-0.39, 0.29) is 11.8 Å². The molecule has 0 spiro atoms. The summed E-state index contributed by atoms with van der Waals surface area (Å²) in [7, 11) is 0. The van der Waals surface area contributed by atoms with E-state index < -0.39 is 12.2 Å². The molecule has 2 aromatic carbocycles. The molecule has 11 nitrogen and oxygen atoms in total. The molecule has 0 saturated heterocycles. The average Bonchev–Trinajstić information content (AvgIpc) is 3.58. The van der Waals surface area contributed by atoms with Gasteiger partial charge in [0.05, 0.1) is 5.69 Å². The van der Waals surface area contributed by atoms with Gasteiger partial charge in [-0.2, -0.15) is 5.21 Å². The molecule has 0 saturated carbocycles. The summed E-state index contributed by atoms with van der Waals surface area (Å²) in [6, 6.07) is 14.0. The number of rotatable bonds is 6. The Morgan fingerprint density at radius 1 is 1.19 bits per heavy atom. The summed E-state index contributed by atoms with van der Waals surface area (Å²) in [6.07, 6.45) is 0.547. The summed E-state index contributed by atoms with van der Waals surface area (Å²) in [5.41, 5.74) is 3.27. The second-order valence-electron chi connectivity index (χ2n) is 8.49. The van der Waals surface area contributed by atoms with Crippen LogP contribution in [-0.2, 0) is 4.79 Å². The zero-order chi connectivity index (χ0) is 25.1. The van der Waals surface area contributed by atoms with Crippen LogP contribution >= 0.6 is 11.3 Å². The number of benzodiazepines with no additional fused rings is 1. The quantitative estimate of drug-likeness (QED) is 0.370. The van der Waals surface area contributed by atoms with Gasteiger partial charge in [0.2, 0.25) is 12.0 Å². The first-order valence-corrected chi connectivity index (χ1v) is 12.2. The zero-order valence-electron chi connectivity index (χ0n) is 19.5. The van der Waals surface area contributed by atoms with Crippen molar-refractivity contribution in [3.63, 3.8) is 0 Å². The van der Waals surface area contributed by atoms with Gasteiger partial charge in [-0.3, -0.25) is 4.79 Å². The van der Waals surface area contributed by atoms with Gasteiger partial charge < -0.3 is 15.5 Å². The molecule has 2 aromatic heterocycles. The largest absolute Gasteiger partial charge is 0.321 e. The smallest absolute Gasteiger partial charge is 0.308 e. The Morgan fingerprint density at radius 3 is 2.81 bits per heavy atom. The van der Waals surface area contributed by atoms with Crippen LogP contribution in [0.3, 0.4) is 0 Å². The molecule has 182 valence electrons. The van der Waals surface area contributed by atoms with Gasteiger partial charge >= 0.3 is 6.03 Å². The van der Waals surface area contributed by atoms with Gasteiger partial charge in [-0.15, -0.1) is 21.5 Å². The number of benzene rings is 2. The number of fused-ring (bicyclic) bond motifs is 1. The number of nitrogens with zero attached hydrogens (tertiary/aromatic N) is 6. The van der Waals surface area contributed by atoms with Gasteiger partial charge in [0.1, 0.15) is 10.7 Å². The number of aliphatic imine (C=N–C) groups is 1. The van der Waals surface area contributed by atoms with Crippen molar-refractivity contribution in [2.45, 2.75) is 20.0 Å². The van der Waals surface area contributed by atoms with Crippen LogP contribution in [0.25, 0.3) is 11.4 Å². The van der Waals surface area contributed by atoms with E-state index >= 15 is 0 Å². The van der Waals surface area contributed by atoms with Crippen LogP contribution in [0.5, 0.6) is 0 Å². The number of carbonyl (C=O) groups excluding carboxylic acids is 2. The second kappa shape index (κ2) is 10.0. The van der Waals surface area contributed by atoms with Gasteiger partial charge in [-0.1, -0.05) is 44.2 Å². The molecule has 0 unspecified atom stereocenters. The highest BCUT2D eigenvalue weighted by atomic mass is 32.1. The number of anilines is 2. The lowest BCUT2D eigenvalue weighted by Crippen LogP contribution is -2.49. The van der Waals surface area contributed by atoms with E-state index in [4.69, 9.17) is 4.99 Å². The molecular weight excluding hydrogens is 478 g/mol. The number of carbonyl (C=O) groups is 2. The fraction of sp³-hybridized carbons (Fsp3) is 0.208. The van der Waals surface area contributed by atoms with Crippen molar-refractivity contribution in [1.82, 2.24) is 30.9 Å². The predicted molar refractivity (Wildman–Crippen MR) is 137 cm³/mol. The SMILES string of the molecule is CC(C)CN1C(=O)[C@H](NC(=O)Nc2cccc(-c3nn[nH]n3)c2)N=C(c2nccs2)c2ccccc21.